The van der Waals surface area contributed by atoms with Crippen LogP contribution in [0.3, 0.4) is 0 Å². The van der Waals surface area contributed by atoms with Gasteiger partial charge >= 0.3 is 0 Å². The van der Waals surface area contributed by atoms with Crippen LogP contribution in [0, 0.1) is 0 Å². The Morgan fingerprint density at radius 2 is 1.97 bits per heavy atom. The molecule has 4 rings (SSSR count). The molecule has 0 bridgehead atoms. The minimum atomic E-state index is -1.23. The highest BCUT2D eigenvalue weighted by Gasteiger charge is 2.44. The molecule has 11 heteroatoms. The van der Waals surface area contributed by atoms with Crippen molar-refractivity contribution >= 4 is 12.2 Å². The topological polar surface area (TPSA) is 148 Å². The van der Waals surface area contributed by atoms with E-state index in [-0.39, 0.29) is 6.61 Å². The molecule has 3 heterocycles. The van der Waals surface area contributed by atoms with E-state index in [0.717, 1.165) is 11.3 Å². The highest BCUT2D eigenvalue weighted by atomic mass is 16.7. The van der Waals surface area contributed by atoms with E-state index < -0.39 is 37.3 Å². The Morgan fingerprint density at radius 3 is 2.62 bits per heavy atom. The summed E-state index contributed by atoms with van der Waals surface area (Å²) < 4.78 is 12.1. The molecule has 0 saturated carbocycles. The van der Waals surface area contributed by atoms with Crippen LogP contribution in [0.25, 0.3) is 0 Å². The molecule has 5 N–H and O–H groups in total. The predicted molar refractivity (Wildman–Crippen MR) is 99.9 cm³/mol. The number of aliphatic hydroxyl groups excluding tert-OH is 3. The Labute approximate surface area is 166 Å². The van der Waals surface area contributed by atoms with Gasteiger partial charge in [-0.15, -0.1) is 0 Å². The van der Waals surface area contributed by atoms with Gasteiger partial charge in [0.1, 0.15) is 42.7 Å². The summed E-state index contributed by atoms with van der Waals surface area (Å²) in [6.45, 7) is -0.143. The quantitative estimate of drug-likeness (QED) is 0.502. The zero-order valence-corrected chi connectivity index (χ0v) is 15.7. The van der Waals surface area contributed by atoms with Crippen LogP contribution in [0.1, 0.15) is 23.7 Å². The van der Waals surface area contributed by atoms with Crippen LogP contribution in [0.2, 0.25) is 0 Å². The van der Waals surface area contributed by atoms with Crippen molar-refractivity contribution in [3.8, 4) is 5.75 Å². The normalized spacial score (nSPS) is 28.6. The number of aliphatic imine (C=N–C) groups is 1. The summed E-state index contributed by atoms with van der Waals surface area (Å²) in [5, 5.41) is 30.9. The number of aromatic nitrogens is 2. The van der Waals surface area contributed by atoms with Gasteiger partial charge in [0, 0.05) is 0 Å². The Hall–Kier alpha value is -2.54. The molecule has 0 aliphatic carbocycles. The molecule has 0 radical (unpaired) electrons. The lowest BCUT2D eigenvalue weighted by Gasteiger charge is -2.28. The standard InChI is InChI=1S/C18H23N5O6/c1-27-11-4-2-10(3-5-11)7-28-23-9-21-17-13(16(23)19)20-8-22(17)18-15(26)14(25)12(6-24)29-18/h2-5,8-9,12,14-16,18,24-26H,6-7,19H2,1H3/t12-,14?,15?,16?,18-/m1/s1. The van der Waals surface area contributed by atoms with E-state index in [4.69, 9.17) is 20.0 Å². The second-order valence-electron chi connectivity index (χ2n) is 6.76. The van der Waals surface area contributed by atoms with Gasteiger partial charge in [0.25, 0.3) is 0 Å². The van der Waals surface area contributed by atoms with Gasteiger partial charge in [-0.25, -0.2) is 15.0 Å². The van der Waals surface area contributed by atoms with E-state index in [2.05, 4.69) is 9.98 Å². The lowest BCUT2D eigenvalue weighted by atomic mass is 10.1. The Bertz CT molecular complexity index is 872. The summed E-state index contributed by atoms with van der Waals surface area (Å²) in [5.41, 5.74) is 7.60. The number of methoxy groups -OCH3 is 1. The number of hydrogen-bond donors (Lipinski definition) is 4. The van der Waals surface area contributed by atoms with E-state index in [1.807, 2.05) is 24.3 Å². The average molecular weight is 405 g/mol. The molecule has 1 aromatic carbocycles. The number of ether oxygens (including phenoxy) is 2. The van der Waals surface area contributed by atoms with Gasteiger partial charge in [0.2, 0.25) is 0 Å². The molecular weight excluding hydrogens is 382 g/mol. The monoisotopic (exact) mass is 405 g/mol. The minimum Gasteiger partial charge on any atom is -0.497 e. The maximum Gasteiger partial charge on any atom is 0.165 e. The van der Waals surface area contributed by atoms with Crippen molar-refractivity contribution in [2.24, 2.45) is 10.7 Å². The third-order valence-electron chi connectivity index (χ3n) is 4.97. The number of aliphatic hydroxyl groups is 3. The SMILES string of the molecule is COc1ccc(CON2C=Nc3c(ncn3[C@@H]3O[C@H](CO)C(O)C3O)C2N)cc1. The molecule has 0 spiro atoms. The maximum atomic E-state index is 10.2. The van der Waals surface area contributed by atoms with E-state index in [1.165, 1.54) is 22.3 Å². The lowest BCUT2D eigenvalue weighted by Crippen LogP contribution is -2.36. The first kappa shape index (κ1) is 19.8. The molecule has 0 amide bonds. The van der Waals surface area contributed by atoms with Crippen LogP contribution in [0.15, 0.2) is 35.6 Å². The largest absolute Gasteiger partial charge is 0.497 e. The van der Waals surface area contributed by atoms with Gasteiger partial charge < -0.3 is 30.5 Å². The summed E-state index contributed by atoms with van der Waals surface area (Å²) in [6.07, 6.45) is -2.15. The summed E-state index contributed by atoms with van der Waals surface area (Å²) in [6, 6.07) is 7.44. The van der Waals surface area contributed by atoms with Gasteiger partial charge in [0.05, 0.1) is 20.0 Å². The molecule has 1 aromatic heterocycles. The second kappa shape index (κ2) is 8.06. The molecule has 29 heavy (non-hydrogen) atoms. The molecule has 2 aliphatic rings. The number of nitrogens with two attached hydrogens (primary N) is 1. The van der Waals surface area contributed by atoms with Gasteiger partial charge in [-0.3, -0.25) is 9.40 Å². The van der Waals surface area contributed by atoms with Gasteiger partial charge in [-0.2, -0.15) is 0 Å². The first-order valence-corrected chi connectivity index (χ1v) is 9.06. The molecular formula is C18H23N5O6. The van der Waals surface area contributed by atoms with Gasteiger partial charge in [-0.05, 0) is 17.7 Å². The summed E-state index contributed by atoms with van der Waals surface area (Å²) in [7, 11) is 1.60. The number of benzene rings is 1. The fraction of sp³-hybridized carbons (Fsp3) is 0.444. The molecule has 5 atom stereocenters. The average Bonchev–Trinajstić information content (AvgIpc) is 3.29. The third-order valence-corrected chi connectivity index (χ3v) is 4.97. The van der Waals surface area contributed by atoms with E-state index in [0.29, 0.717) is 11.5 Å². The molecule has 2 aromatic rings. The van der Waals surface area contributed by atoms with Crippen LogP contribution in [0.4, 0.5) is 5.82 Å². The van der Waals surface area contributed by atoms with E-state index in [1.54, 1.807) is 7.11 Å². The highest BCUT2D eigenvalue weighted by molar-refractivity contribution is 5.64. The third kappa shape index (κ3) is 3.59. The number of imidazole rings is 1. The molecule has 1 saturated heterocycles. The van der Waals surface area contributed by atoms with Crippen LogP contribution in [0.5, 0.6) is 5.75 Å². The van der Waals surface area contributed by atoms with Crippen LogP contribution < -0.4 is 10.5 Å². The van der Waals surface area contributed by atoms with Crippen molar-refractivity contribution < 1.29 is 29.6 Å². The number of nitrogens with zero attached hydrogens (tertiary/aromatic N) is 4. The number of fused-ring (bicyclic) bond motifs is 1. The molecule has 2 aliphatic heterocycles. The number of hydrogen-bond acceptors (Lipinski definition) is 10. The predicted octanol–water partition coefficient (Wildman–Crippen LogP) is -0.432. The number of hydroxylamine groups is 2. The highest BCUT2D eigenvalue weighted by Crippen LogP contribution is 2.37. The first-order chi connectivity index (χ1) is 14.0. The second-order valence-corrected chi connectivity index (χ2v) is 6.76. The molecule has 156 valence electrons. The van der Waals surface area contributed by atoms with E-state index in [9.17, 15) is 15.3 Å². The summed E-state index contributed by atoms with van der Waals surface area (Å²) in [4.78, 5) is 14.3. The smallest absolute Gasteiger partial charge is 0.165 e. The van der Waals surface area contributed by atoms with Crippen molar-refractivity contribution in [2.75, 3.05) is 13.7 Å². The number of rotatable bonds is 6. The first-order valence-electron chi connectivity index (χ1n) is 9.06. The van der Waals surface area contributed by atoms with Gasteiger partial charge in [-0.1, -0.05) is 12.1 Å². The zero-order chi connectivity index (χ0) is 20.5. The molecule has 3 unspecified atom stereocenters. The van der Waals surface area contributed by atoms with Crippen LogP contribution in [-0.4, -0.2) is 68.3 Å². The zero-order valence-electron chi connectivity index (χ0n) is 15.7. The molecule has 1 fully saturated rings. The fourth-order valence-electron chi connectivity index (χ4n) is 3.29. The van der Waals surface area contributed by atoms with Crippen molar-refractivity contribution in [2.45, 2.75) is 37.3 Å². The minimum absolute atomic E-state index is 0.272. The lowest BCUT2D eigenvalue weighted by molar-refractivity contribution is -0.136. The Balaban J connectivity index is 1.46. The van der Waals surface area contributed by atoms with Crippen molar-refractivity contribution in [1.82, 2.24) is 14.6 Å². The van der Waals surface area contributed by atoms with E-state index >= 15 is 0 Å². The maximum absolute atomic E-state index is 10.2. The van der Waals surface area contributed by atoms with Crippen LogP contribution >= 0.6 is 0 Å². The Morgan fingerprint density at radius 1 is 1.21 bits per heavy atom. The molecule has 11 nitrogen and oxygen atoms in total. The van der Waals surface area contributed by atoms with Crippen molar-refractivity contribution in [1.29, 1.82) is 0 Å². The van der Waals surface area contributed by atoms with Crippen molar-refractivity contribution in [3.05, 3.63) is 41.9 Å². The summed E-state index contributed by atoms with van der Waals surface area (Å²) in [5.74, 6) is 1.14. The van der Waals surface area contributed by atoms with Crippen LogP contribution in [-0.2, 0) is 16.2 Å². The van der Waals surface area contributed by atoms with Gasteiger partial charge in [0.15, 0.2) is 18.2 Å². The van der Waals surface area contributed by atoms with Crippen molar-refractivity contribution in [3.63, 3.8) is 0 Å². The summed E-state index contributed by atoms with van der Waals surface area (Å²) >= 11 is 0. The Kier molecular flexibility index (Phi) is 5.50. The fourth-order valence-corrected chi connectivity index (χ4v) is 3.29.